The van der Waals surface area contributed by atoms with Crippen molar-refractivity contribution in [3.8, 4) is 0 Å². The molecule has 2 aromatic carbocycles. The minimum atomic E-state index is -1.40. The quantitative estimate of drug-likeness (QED) is 0.734. The summed E-state index contributed by atoms with van der Waals surface area (Å²) < 4.78 is 0. The Kier molecular flexibility index (Phi) is 5.99. The van der Waals surface area contributed by atoms with Crippen molar-refractivity contribution < 1.29 is 9.90 Å². The van der Waals surface area contributed by atoms with Crippen LogP contribution in [0.15, 0.2) is 60.7 Å². The van der Waals surface area contributed by atoms with E-state index in [4.69, 9.17) is 0 Å². The number of nitrogens with one attached hydrogen (secondary N) is 1. The fraction of sp³-hybridized carbons (Fsp3) is 0.500. The molecule has 0 spiro atoms. The van der Waals surface area contributed by atoms with E-state index in [-0.39, 0.29) is 23.4 Å². The number of hydrogen-bond donors (Lipinski definition) is 2. The van der Waals surface area contributed by atoms with Crippen LogP contribution in [-0.4, -0.2) is 40.6 Å². The van der Waals surface area contributed by atoms with Crippen LogP contribution in [0.25, 0.3) is 0 Å². The summed E-state index contributed by atoms with van der Waals surface area (Å²) in [7, 11) is 0. The van der Waals surface area contributed by atoms with Gasteiger partial charge < -0.3 is 15.3 Å². The van der Waals surface area contributed by atoms with Crippen molar-refractivity contribution in [2.45, 2.75) is 63.1 Å². The highest BCUT2D eigenvalue weighted by molar-refractivity contribution is 5.87. The Balaban J connectivity index is 1.40. The zero-order valence-corrected chi connectivity index (χ0v) is 18.2. The van der Waals surface area contributed by atoms with Crippen molar-refractivity contribution in [3.63, 3.8) is 0 Å². The third-order valence-corrected chi connectivity index (χ3v) is 6.74. The van der Waals surface area contributed by atoms with E-state index >= 15 is 0 Å². The number of carbonyl (C=O) groups excluding carboxylic acids is 1. The second-order valence-corrected chi connectivity index (χ2v) is 9.71. The number of aliphatic hydroxyl groups is 1. The normalized spacial score (nSPS) is 20.0. The van der Waals surface area contributed by atoms with Crippen LogP contribution in [0.5, 0.6) is 0 Å². The molecule has 1 amide bonds. The number of rotatable bonds is 7. The molecule has 30 heavy (non-hydrogen) atoms. The summed E-state index contributed by atoms with van der Waals surface area (Å²) in [6, 6.07) is 20.3. The Morgan fingerprint density at radius 2 is 1.57 bits per heavy atom. The molecule has 0 bridgehead atoms. The average molecular weight is 407 g/mol. The predicted molar refractivity (Wildman–Crippen MR) is 120 cm³/mol. The van der Waals surface area contributed by atoms with Crippen LogP contribution in [0.3, 0.4) is 0 Å². The zero-order chi connectivity index (χ0) is 21.2. The van der Waals surface area contributed by atoms with Gasteiger partial charge >= 0.3 is 0 Å². The van der Waals surface area contributed by atoms with Crippen LogP contribution in [0.4, 0.5) is 0 Å². The number of amides is 1. The number of likely N-dealkylation sites (tertiary alicyclic amines) is 1. The molecule has 0 aromatic heterocycles. The smallest absolute Gasteiger partial charge is 0.259 e. The van der Waals surface area contributed by atoms with Crippen molar-refractivity contribution in [2.24, 2.45) is 5.92 Å². The van der Waals surface area contributed by atoms with Gasteiger partial charge in [0.25, 0.3) is 5.91 Å². The van der Waals surface area contributed by atoms with Crippen molar-refractivity contribution in [3.05, 3.63) is 71.8 Å². The highest BCUT2D eigenvalue weighted by Crippen LogP contribution is 2.42. The Labute approximate surface area is 180 Å². The lowest BCUT2D eigenvalue weighted by Crippen LogP contribution is -2.67. The Bertz CT molecular complexity index is 840. The van der Waals surface area contributed by atoms with E-state index in [9.17, 15) is 9.90 Å². The molecule has 4 heteroatoms. The molecule has 1 aliphatic heterocycles. The van der Waals surface area contributed by atoms with E-state index in [1.807, 2.05) is 41.3 Å². The molecule has 2 aliphatic rings. The van der Waals surface area contributed by atoms with Crippen LogP contribution in [-0.2, 0) is 16.8 Å². The van der Waals surface area contributed by atoms with Gasteiger partial charge in [0.15, 0.2) is 5.60 Å². The van der Waals surface area contributed by atoms with Gasteiger partial charge in [-0.25, -0.2) is 0 Å². The van der Waals surface area contributed by atoms with Gasteiger partial charge in [-0.05, 0) is 44.2 Å². The molecule has 2 aromatic rings. The van der Waals surface area contributed by atoms with Crippen molar-refractivity contribution >= 4 is 5.91 Å². The summed E-state index contributed by atoms with van der Waals surface area (Å²) >= 11 is 0. The maximum Gasteiger partial charge on any atom is 0.259 e. The third-order valence-electron chi connectivity index (χ3n) is 6.74. The van der Waals surface area contributed by atoms with Gasteiger partial charge in [-0.15, -0.1) is 0 Å². The van der Waals surface area contributed by atoms with Crippen LogP contribution in [0.2, 0.25) is 0 Å². The second-order valence-electron chi connectivity index (χ2n) is 9.71. The highest BCUT2D eigenvalue weighted by Gasteiger charge is 2.50. The van der Waals surface area contributed by atoms with E-state index in [1.165, 1.54) is 5.56 Å². The van der Waals surface area contributed by atoms with Gasteiger partial charge in [-0.2, -0.15) is 0 Å². The van der Waals surface area contributed by atoms with Gasteiger partial charge in [-0.1, -0.05) is 73.5 Å². The summed E-state index contributed by atoms with van der Waals surface area (Å²) in [5.74, 6) is -0.117. The van der Waals surface area contributed by atoms with Gasteiger partial charge in [0.05, 0.1) is 0 Å². The Morgan fingerprint density at radius 3 is 2.17 bits per heavy atom. The number of nitrogens with zero attached hydrogens (tertiary/aromatic N) is 1. The summed E-state index contributed by atoms with van der Waals surface area (Å²) in [6.45, 7) is 5.73. The van der Waals surface area contributed by atoms with Crippen molar-refractivity contribution in [2.75, 3.05) is 13.1 Å². The molecule has 1 atom stereocenters. The van der Waals surface area contributed by atoms with Gasteiger partial charge in [-0.3, -0.25) is 4.79 Å². The SMILES string of the molecule is CC(C)(Cc1ccccc1)NC1CN(C(=O)C(O)(c2ccccc2)C2CCCC2)C1. The molecular weight excluding hydrogens is 372 g/mol. The van der Waals surface area contributed by atoms with Crippen molar-refractivity contribution in [1.82, 2.24) is 10.2 Å². The van der Waals surface area contributed by atoms with Crippen LogP contribution >= 0.6 is 0 Å². The second kappa shape index (κ2) is 8.52. The van der Waals surface area contributed by atoms with Gasteiger partial charge in [0, 0.05) is 30.6 Å². The summed E-state index contributed by atoms with van der Waals surface area (Å²) in [6.07, 6.45) is 4.94. The molecule has 1 saturated heterocycles. The molecule has 2 fully saturated rings. The highest BCUT2D eigenvalue weighted by atomic mass is 16.3. The standard InChI is InChI=1S/C26H34N2O2/c1-25(2,17-20-11-5-3-6-12-20)27-23-18-28(19-23)24(29)26(30,22-15-9-10-16-22)21-13-7-4-8-14-21/h3-8,11-14,22-23,27,30H,9-10,15-19H2,1-2H3. The van der Waals surface area contributed by atoms with E-state index in [1.54, 1.807) is 0 Å². The maximum atomic E-state index is 13.5. The van der Waals surface area contributed by atoms with Gasteiger partial charge in [0.2, 0.25) is 0 Å². The van der Waals surface area contributed by atoms with E-state index in [0.29, 0.717) is 13.1 Å². The first-order valence-corrected chi connectivity index (χ1v) is 11.3. The predicted octanol–water partition coefficient (Wildman–Crippen LogP) is 3.89. The van der Waals surface area contributed by atoms with E-state index in [0.717, 1.165) is 37.7 Å². The first-order chi connectivity index (χ1) is 14.4. The third kappa shape index (κ3) is 4.30. The van der Waals surface area contributed by atoms with Crippen LogP contribution in [0, 0.1) is 5.92 Å². The first-order valence-electron chi connectivity index (χ1n) is 11.3. The van der Waals surface area contributed by atoms with E-state index in [2.05, 4.69) is 43.4 Å². The summed E-state index contributed by atoms with van der Waals surface area (Å²) in [4.78, 5) is 15.3. The Morgan fingerprint density at radius 1 is 1.00 bits per heavy atom. The molecule has 160 valence electrons. The number of hydrogen-bond acceptors (Lipinski definition) is 3. The topological polar surface area (TPSA) is 52.6 Å². The minimum Gasteiger partial charge on any atom is -0.375 e. The average Bonchev–Trinajstić information content (AvgIpc) is 3.26. The van der Waals surface area contributed by atoms with Crippen LogP contribution < -0.4 is 5.32 Å². The molecule has 4 rings (SSSR count). The Hall–Kier alpha value is -2.17. The molecule has 1 heterocycles. The number of carbonyl (C=O) groups is 1. The van der Waals surface area contributed by atoms with Gasteiger partial charge in [0.1, 0.15) is 0 Å². The first kappa shape index (κ1) is 21.1. The molecular formula is C26H34N2O2. The largest absolute Gasteiger partial charge is 0.375 e. The summed E-state index contributed by atoms with van der Waals surface area (Å²) in [5.41, 5.74) is 0.592. The lowest BCUT2D eigenvalue weighted by Gasteiger charge is -2.47. The molecule has 1 unspecified atom stereocenters. The lowest BCUT2D eigenvalue weighted by molar-refractivity contribution is -0.165. The van der Waals surface area contributed by atoms with Crippen LogP contribution in [0.1, 0.15) is 50.7 Å². The fourth-order valence-electron chi connectivity index (χ4n) is 5.26. The zero-order valence-electron chi connectivity index (χ0n) is 18.2. The molecule has 1 aliphatic carbocycles. The monoisotopic (exact) mass is 406 g/mol. The molecule has 4 nitrogen and oxygen atoms in total. The molecule has 1 saturated carbocycles. The lowest BCUT2D eigenvalue weighted by atomic mass is 9.78. The maximum absolute atomic E-state index is 13.5. The molecule has 2 N–H and O–H groups in total. The van der Waals surface area contributed by atoms with Crippen molar-refractivity contribution in [1.29, 1.82) is 0 Å². The number of benzene rings is 2. The summed E-state index contributed by atoms with van der Waals surface area (Å²) in [5, 5.41) is 15.4. The van der Waals surface area contributed by atoms with E-state index < -0.39 is 5.60 Å². The molecule has 0 radical (unpaired) electrons. The minimum absolute atomic E-state index is 0.00827. The fourth-order valence-corrected chi connectivity index (χ4v) is 5.26.